The molecule has 1 amide bonds. The van der Waals surface area contributed by atoms with Gasteiger partial charge in [0.25, 0.3) is 5.91 Å². The van der Waals surface area contributed by atoms with Gasteiger partial charge in [-0.1, -0.05) is 24.3 Å². The maximum absolute atomic E-state index is 12.8. The minimum absolute atomic E-state index is 0.129. The molecular weight excluding hydrogens is 326 g/mol. The van der Waals surface area contributed by atoms with Crippen molar-refractivity contribution >= 4 is 17.3 Å². The molecule has 5 heteroatoms. The van der Waals surface area contributed by atoms with Crippen molar-refractivity contribution in [1.29, 1.82) is 0 Å². The Morgan fingerprint density at radius 2 is 1.77 bits per heavy atom. The minimum Gasteiger partial charge on any atom is -0.508 e. The first-order chi connectivity index (χ1) is 12.7. The van der Waals surface area contributed by atoms with Crippen molar-refractivity contribution in [2.75, 3.05) is 49.1 Å². The highest BCUT2D eigenvalue weighted by molar-refractivity contribution is 5.94. The summed E-state index contributed by atoms with van der Waals surface area (Å²) in [6.07, 6.45) is 1.77. The summed E-state index contributed by atoms with van der Waals surface area (Å²) >= 11 is 0. The van der Waals surface area contributed by atoms with E-state index in [1.807, 2.05) is 42.5 Å². The summed E-state index contributed by atoms with van der Waals surface area (Å²) in [4.78, 5) is 18.2. The molecule has 0 saturated carbocycles. The Hall–Kier alpha value is -2.79. The number of amides is 1. The predicted octanol–water partition coefficient (Wildman–Crippen LogP) is 1.32. The summed E-state index contributed by atoms with van der Waals surface area (Å²) in [6.45, 7) is 8.44. The lowest BCUT2D eigenvalue weighted by atomic mass is 10.2. The van der Waals surface area contributed by atoms with Crippen LogP contribution in [0.4, 0.5) is 11.4 Å². The van der Waals surface area contributed by atoms with E-state index in [0.29, 0.717) is 13.1 Å². The lowest BCUT2D eigenvalue weighted by Crippen LogP contribution is -3.16. The van der Waals surface area contributed by atoms with Crippen LogP contribution < -0.4 is 14.7 Å². The lowest BCUT2D eigenvalue weighted by molar-refractivity contribution is -0.892. The molecule has 0 radical (unpaired) electrons. The number of hydrogen-bond donors (Lipinski definition) is 2. The third-order valence-corrected chi connectivity index (χ3v) is 4.77. The lowest BCUT2D eigenvalue weighted by Gasteiger charge is -2.34. The van der Waals surface area contributed by atoms with Gasteiger partial charge in [-0.2, -0.15) is 0 Å². The van der Waals surface area contributed by atoms with Crippen LogP contribution in [0.3, 0.4) is 0 Å². The Bertz CT molecular complexity index is 723. The number of aromatic hydroxyl groups is 1. The Morgan fingerprint density at radius 3 is 2.38 bits per heavy atom. The molecule has 136 valence electrons. The minimum atomic E-state index is 0.129. The van der Waals surface area contributed by atoms with Gasteiger partial charge in [0.2, 0.25) is 0 Å². The number of nitrogens with one attached hydrogen (secondary N) is 1. The van der Waals surface area contributed by atoms with Gasteiger partial charge < -0.3 is 19.8 Å². The number of rotatable bonds is 6. The second-order valence-corrected chi connectivity index (χ2v) is 6.56. The average molecular weight is 352 g/mol. The van der Waals surface area contributed by atoms with Gasteiger partial charge in [0.1, 0.15) is 5.75 Å². The van der Waals surface area contributed by atoms with Gasteiger partial charge in [0.15, 0.2) is 6.54 Å². The molecule has 0 bridgehead atoms. The van der Waals surface area contributed by atoms with E-state index in [-0.39, 0.29) is 11.7 Å². The van der Waals surface area contributed by atoms with Crippen molar-refractivity contribution in [2.45, 2.75) is 0 Å². The molecule has 2 N–H and O–H groups in total. The molecule has 26 heavy (non-hydrogen) atoms. The van der Waals surface area contributed by atoms with E-state index < -0.39 is 0 Å². The molecule has 2 aromatic rings. The molecule has 1 saturated heterocycles. The number of hydrogen-bond acceptors (Lipinski definition) is 3. The Kier molecular flexibility index (Phi) is 5.92. The maximum Gasteiger partial charge on any atom is 0.282 e. The highest BCUT2D eigenvalue weighted by Crippen LogP contribution is 2.18. The topological polar surface area (TPSA) is 48.2 Å². The normalized spacial score (nSPS) is 14.8. The number of phenolic OH excluding ortho intramolecular Hbond substituents is 1. The number of carbonyl (C=O) groups excluding carboxylic acids is 1. The van der Waals surface area contributed by atoms with Crippen LogP contribution in [-0.2, 0) is 4.79 Å². The first kappa shape index (κ1) is 18.0. The van der Waals surface area contributed by atoms with E-state index in [4.69, 9.17) is 0 Å². The summed E-state index contributed by atoms with van der Waals surface area (Å²) in [5, 5.41) is 9.41. The van der Waals surface area contributed by atoms with Crippen LogP contribution in [-0.4, -0.2) is 50.3 Å². The average Bonchev–Trinajstić information content (AvgIpc) is 2.68. The fraction of sp³-hybridized carbons (Fsp3) is 0.286. The first-order valence-corrected chi connectivity index (χ1v) is 9.01. The molecule has 5 nitrogen and oxygen atoms in total. The molecule has 0 aromatic heterocycles. The first-order valence-electron chi connectivity index (χ1n) is 9.01. The number of phenols is 1. The van der Waals surface area contributed by atoms with Crippen LogP contribution in [0.1, 0.15) is 0 Å². The smallest absolute Gasteiger partial charge is 0.282 e. The van der Waals surface area contributed by atoms with Crippen LogP contribution in [0.25, 0.3) is 0 Å². The van der Waals surface area contributed by atoms with Gasteiger partial charge in [-0.15, -0.1) is 6.58 Å². The van der Waals surface area contributed by atoms with Crippen molar-refractivity contribution in [2.24, 2.45) is 0 Å². The number of carbonyl (C=O) groups is 1. The van der Waals surface area contributed by atoms with Crippen molar-refractivity contribution in [1.82, 2.24) is 0 Å². The van der Waals surface area contributed by atoms with Crippen molar-refractivity contribution in [3.63, 3.8) is 0 Å². The number of anilines is 2. The molecule has 0 unspecified atom stereocenters. The Labute approximate surface area is 154 Å². The number of piperazine rings is 1. The van der Waals surface area contributed by atoms with Gasteiger partial charge in [-0.25, -0.2) is 0 Å². The van der Waals surface area contributed by atoms with Gasteiger partial charge in [0.05, 0.1) is 26.2 Å². The van der Waals surface area contributed by atoms with Crippen molar-refractivity contribution in [3.8, 4) is 5.75 Å². The number of benzene rings is 2. The Balaban J connectivity index is 1.56. The van der Waals surface area contributed by atoms with Crippen LogP contribution in [0.2, 0.25) is 0 Å². The largest absolute Gasteiger partial charge is 0.508 e. The zero-order valence-electron chi connectivity index (χ0n) is 15.0. The fourth-order valence-corrected chi connectivity index (χ4v) is 3.32. The van der Waals surface area contributed by atoms with E-state index in [0.717, 1.165) is 37.6 Å². The molecule has 2 aromatic carbocycles. The second kappa shape index (κ2) is 8.54. The van der Waals surface area contributed by atoms with Gasteiger partial charge in [-0.3, -0.25) is 4.79 Å². The van der Waals surface area contributed by atoms with E-state index in [1.165, 1.54) is 4.90 Å². The highest BCUT2D eigenvalue weighted by Gasteiger charge is 2.25. The molecular formula is C21H26N3O2+. The van der Waals surface area contributed by atoms with Gasteiger partial charge in [0, 0.05) is 17.9 Å². The van der Waals surface area contributed by atoms with Crippen molar-refractivity contribution in [3.05, 3.63) is 67.3 Å². The van der Waals surface area contributed by atoms with Crippen LogP contribution >= 0.6 is 0 Å². The molecule has 3 rings (SSSR count). The van der Waals surface area contributed by atoms with Gasteiger partial charge in [-0.05, 0) is 36.4 Å². The summed E-state index contributed by atoms with van der Waals surface area (Å²) < 4.78 is 0. The molecule has 0 spiro atoms. The number of quaternary nitrogens is 1. The van der Waals surface area contributed by atoms with Crippen LogP contribution in [0, 0.1) is 0 Å². The third-order valence-electron chi connectivity index (χ3n) is 4.77. The zero-order chi connectivity index (χ0) is 18.4. The van der Waals surface area contributed by atoms with Crippen molar-refractivity contribution < 1.29 is 14.8 Å². The SMILES string of the molecule is C=CCN(C(=O)C[NH+]1CCN(c2ccc(O)cc2)CC1)c1ccccc1. The summed E-state index contributed by atoms with van der Waals surface area (Å²) in [7, 11) is 0. The molecule has 0 aliphatic carbocycles. The number of para-hydroxylation sites is 1. The molecule has 1 aliphatic rings. The van der Waals surface area contributed by atoms with E-state index >= 15 is 0 Å². The highest BCUT2D eigenvalue weighted by atomic mass is 16.3. The Morgan fingerprint density at radius 1 is 1.12 bits per heavy atom. The summed E-state index contributed by atoms with van der Waals surface area (Å²) in [5.74, 6) is 0.413. The molecule has 0 atom stereocenters. The van der Waals surface area contributed by atoms with E-state index in [1.54, 1.807) is 23.1 Å². The van der Waals surface area contributed by atoms with Crippen LogP contribution in [0.15, 0.2) is 67.3 Å². The molecule has 1 aliphatic heterocycles. The summed E-state index contributed by atoms with van der Waals surface area (Å²) in [6, 6.07) is 17.1. The monoisotopic (exact) mass is 352 g/mol. The van der Waals surface area contributed by atoms with E-state index in [9.17, 15) is 9.90 Å². The summed E-state index contributed by atoms with van der Waals surface area (Å²) in [5.41, 5.74) is 2.03. The molecule has 1 heterocycles. The molecule has 1 fully saturated rings. The number of nitrogens with zero attached hydrogens (tertiary/aromatic N) is 2. The van der Waals surface area contributed by atoms with Gasteiger partial charge >= 0.3 is 0 Å². The van der Waals surface area contributed by atoms with E-state index in [2.05, 4.69) is 11.5 Å². The standard InChI is InChI=1S/C21H25N3O2/c1-2-12-24(19-6-4-3-5-7-19)21(26)17-22-13-15-23(16-14-22)18-8-10-20(25)11-9-18/h2-11,25H,1,12-17H2/p+1. The fourth-order valence-electron chi connectivity index (χ4n) is 3.32. The maximum atomic E-state index is 12.8. The third kappa shape index (κ3) is 4.43. The van der Waals surface area contributed by atoms with Crippen LogP contribution in [0.5, 0.6) is 5.75 Å². The quantitative estimate of drug-likeness (QED) is 0.771. The second-order valence-electron chi connectivity index (χ2n) is 6.56. The zero-order valence-corrected chi connectivity index (χ0v) is 15.0. The predicted molar refractivity (Wildman–Crippen MR) is 105 cm³/mol.